The first-order chi connectivity index (χ1) is 8.13. The second-order valence-corrected chi connectivity index (χ2v) is 4.36. The van der Waals surface area contributed by atoms with E-state index in [0.29, 0.717) is 6.54 Å². The summed E-state index contributed by atoms with van der Waals surface area (Å²) < 4.78 is 5.49. The summed E-state index contributed by atoms with van der Waals surface area (Å²) in [6.45, 7) is 7.17. The highest BCUT2D eigenvalue weighted by atomic mass is 16.5. The van der Waals surface area contributed by atoms with Gasteiger partial charge in [-0.15, -0.1) is 0 Å². The highest BCUT2D eigenvalue weighted by Crippen LogP contribution is 2.12. The lowest BCUT2D eigenvalue weighted by Crippen LogP contribution is -2.27. The SMILES string of the molecule is CCCOc1ccc(CNC(=O)C(C)C)cc1. The molecule has 0 fully saturated rings. The van der Waals surface area contributed by atoms with Crippen molar-refractivity contribution in [3.63, 3.8) is 0 Å². The van der Waals surface area contributed by atoms with Crippen LogP contribution in [0.2, 0.25) is 0 Å². The molecule has 0 heterocycles. The average molecular weight is 235 g/mol. The molecule has 17 heavy (non-hydrogen) atoms. The van der Waals surface area contributed by atoms with Crippen LogP contribution in [0.15, 0.2) is 24.3 Å². The second kappa shape index (κ2) is 6.94. The smallest absolute Gasteiger partial charge is 0.222 e. The monoisotopic (exact) mass is 235 g/mol. The number of ether oxygens (including phenoxy) is 1. The molecule has 0 unspecified atom stereocenters. The van der Waals surface area contributed by atoms with Crippen LogP contribution in [0, 0.1) is 5.92 Å². The summed E-state index contributed by atoms with van der Waals surface area (Å²) in [6, 6.07) is 7.83. The largest absolute Gasteiger partial charge is 0.494 e. The molecule has 1 rings (SSSR count). The highest BCUT2D eigenvalue weighted by Gasteiger charge is 2.05. The van der Waals surface area contributed by atoms with Gasteiger partial charge in [0.2, 0.25) is 5.91 Å². The summed E-state index contributed by atoms with van der Waals surface area (Å²) in [5, 5.41) is 2.88. The normalized spacial score (nSPS) is 10.4. The molecule has 0 radical (unpaired) electrons. The fraction of sp³-hybridized carbons (Fsp3) is 0.500. The number of carbonyl (C=O) groups is 1. The molecule has 0 saturated heterocycles. The molecule has 0 aliphatic carbocycles. The first kappa shape index (κ1) is 13.6. The van der Waals surface area contributed by atoms with Gasteiger partial charge in [0.25, 0.3) is 0 Å². The zero-order chi connectivity index (χ0) is 12.7. The Morgan fingerprint density at radius 3 is 2.47 bits per heavy atom. The molecule has 0 spiro atoms. The maximum absolute atomic E-state index is 11.4. The van der Waals surface area contributed by atoms with Crippen molar-refractivity contribution >= 4 is 5.91 Å². The van der Waals surface area contributed by atoms with Crippen molar-refractivity contribution in [3.05, 3.63) is 29.8 Å². The summed E-state index contributed by atoms with van der Waals surface area (Å²) in [4.78, 5) is 11.4. The van der Waals surface area contributed by atoms with Gasteiger partial charge in [-0.2, -0.15) is 0 Å². The summed E-state index contributed by atoms with van der Waals surface area (Å²) in [5.74, 6) is 0.990. The number of benzene rings is 1. The van der Waals surface area contributed by atoms with E-state index in [9.17, 15) is 4.79 Å². The maximum atomic E-state index is 11.4. The molecule has 1 aromatic carbocycles. The Bertz CT molecular complexity index is 344. The van der Waals surface area contributed by atoms with E-state index in [-0.39, 0.29) is 11.8 Å². The number of carbonyl (C=O) groups excluding carboxylic acids is 1. The summed E-state index contributed by atoms with van der Waals surface area (Å²) >= 11 is 0. The van der Waals surface area contributed by atoms with Crippen molar-refractivity contribution in [1.82, 2.24) is 5.32 Å². The van der Waals surface area contributed by atoms with E-state index >= 15 is 0 Å². The molecule has 1 N–H and O–H groups in total. The number of rotatable bonds is 6. The van der Waals surface area contributed by atoms with E-state index < -0.39 is 0 Å². The Labute approximate surface area is 103 Å². The lowest BCUT2D eigenvalue weighted by atomic mass is 10.2. The van der Waals surface area contributed by atoms with Gasteiger partial charge in [0.1, 0.15) is 5.75 Å². The maximum Gasteiger partial charge on any atom is 0.222 e. The molecule has 3 nitrogen and oxygen atoms in total. The van der Waals surface area contributed by atoms with Crippen LogP contribution in [0.5, 0.6) is 5.75 Å². The predicted molar refractivity (Wildman–Crippen MR) is 68.9 cm³/mol. The van der Waals surface area contributed by atoms with Gasteiger partial charge in [0, 0.05) is 12.5 Å². The topological polar surface area (TPSA) is 38.3 Å². The summed E-state index contributed by atoms with van der Waals surface area (Å²) in [7, 11) is 0. The van der Waals surface area contributed by atoms with Gasteiger partial charge < -0.3 is 10.1 Å². The Morgan fingerprint density at radius 1 is 1.29 bits per heavy atom. The molecule has 0 bridgehead atoms. The van der Waals surface area contributed by atoms with Gasteiger partial charge >= 0.3 is 0 Å². The van der Waals surface area contributed by atoms with Crippen LogP contribution in [-0.2, 0) is 11.3 Å². The Kier molecular flexibility index (Phi) is 5.53. The summed E-state index contributed by atoms with van der Waals surface area (Å²) in [6.07, 6.45) is 1.01. The van der Waals surface area contributed by atoms with Gasteiger partial charge in [-0.1, -0.05) is 32.9 Å². The lowest BCUT2D eigenvalue weighted by molar-refractivity contribution is -0.124. The van der Waals surface area contributed by atoms with E-state index in [1.807, 2.05) is 38.1 Å². The molecule has 0 saturated carbocycles. The standard InChI is InChI=1S/C14H21NO2/c1-4-9-17-13-7-5-12(6-8-13)10-15-14(16)11(2)3/h5-8,11H,4,9-10H2,1-3H3,(H,15,16). The number of amides is 1. The van der Waals surface area contributed by atoms with Crippen molar-refractivity contribution in [2.75, 3.05) is 6.61 Å². The fourth-order valence-corrected chi connectivity index (χ4v) is 1.32. The van der Waals surface area contributed by atoms with Gasteiger partial charge in [0.05, 0.1) is 6.61 Å². The first-order valence-electron chi connectivity index (χ1n) is 6.13. The minimum atomic E-state index is 0.0298. The average Bonchev–Trinajstić information content (AvgIpc) is 2.34. The lowest BCUT2D eigenvalue weighted by Gasteiger charge is -2.09. The van der Waals surface area contributed by atoms with Crippen LogP contribution in [0.3, 0.4) is 0 Å². The second-order valence-electron chi connectivity index (χ2n) is 4.36. The van der Waals surface area contributed by atoms with Crippen molar-refractivity contribution < 1.29 is 9.53 Å². The van der Waals surface area contributed by atoms with Crippen LogP contribution in [0.1, 0.15) is 32.8 Å². The quantitative estimate of drug-likeness (QED) is 0.823. The summed E-state index contributed by atoms with van der Waals surface area (Å²) in [5.41, 5.74) is 1.09. The van der Waals surface area contributed by atoms with Gasteiger partial charge in [-0.05, 0) is 24.1 Å². The third kappa shape index (κ3) is 4.89. The number of hydrogen-bond acceptors (Lipinski definition) is 2. The van der Waals surface area contributed by atoms with Gasteiger partial charge in [-0.3, -0.25) is 4.79 Å². The molecule has 0 atom stereocenters. The zero-order valence-corrected chi connectivity index (χ0v) is 10.8. The molecule has 0 aliphatic heterocycles. The zero-order valence-electron chi connectivity index (χ0n) is 10.8. The van der Waals surface area contributed by atoms with Crippen molar-refractivity contribution in [1.29, 1.82) is 0 Å². The van der Waals surface area contributed by atoms with Gasteiger partial charge in [-0.25, -0.2) is 0 Å². The van der Waals surface area contributed by atoms with Crippen LogP contribution in [-0.4, -0.2) is 12.5 Å². The molecule has 3 heteroatoms. The van der Waals surface area contributed by atoms with Crippen molar-refractivity contribution in [3.8, 4) is 5.75 Å². The van der Waals surface area contributed by atoms with Crippen molar-refractivity contribution in [2.45, 2.75) is 33.7 Å². The number of hydrogen-bond donors (Lipinski definition) is 1. The minimum Gasteiger partial charge on any atom is -0.494 e. The number of nitrogens with one attached hydrogen (secondary N) is 1. The van der Waals surface area contributed by atoms with Gasteiger partial charge in [0.15, 0.2) is 0 Å². The first-order valence-corrected chi connectivity index (χ1v) is 6.13. The van der Waals surface area contributed by atoms with E-state index in [1.165, 1.54) is 0 Å². The highest BCUT2D eigenvalue weighted by molar-refractivity contribution is 5.77. The third-order valence-corrected chi connectivity index (χ3v) is 2.39. The van der Waals surface area contributed by atoms with E-state index in [4.69, 9.17) is 4.74 Å². The van der Waals surface area contributed by atoms with Crippen LogP contribution in [0.25, 0.3) is 0 Å². The molecule has 0 aliphatic rings. The Balaban J connectivity index is 2.42. The molecule has 94 valence electrons. The van der Waals surface area contributed by atoms with Crippen molar-refractivity contribution in [2.24, 2.45) is 5.92 Å². The van der Waals surface area contributed by atoms with Crippen LogP contribution in [0.4, 0.5) is 0 Å². The molecule has 0 aromatic heterocycles. The Hall–Kier alpha value is -1.51. The van der Waals surface area contributed by atoms with E-state index in [0.717, 1.165) is 24.3 Å². The van der Waals surface area contributed by atoms with E-state index in [2.05, 4.69) is 12.2 Å². The molecular weight excluding hydrogens is 214 g/mol. The minimum absolute atomic E-state index is 0.0298. The van der Waals surface area contributed by atoms with Crippen LogP contribution >= 0.6 is 0 Å². The Morgan fingerprint density at radius 2 is 1.94 bits per heavy atom. The third-order valence-electron chi connectivity index (χ3n) is 2.39. The van der Waals surface area contributed by atoms with E-state index in [1.54, 1.807) is 0 Å². The van der Waals surface area contributed by atoms with Crippen LogP contribution < -0.4 is 10.1 Å². The fourth-order valence-electron chi connectivity index (χ4n) is 1.32. The molecule has 1 aromatic rings. The molecular formula is C14H21NO2. The molecule has 1 amide bonds. The predicted octanol–water partition coefficient (Wildman–Crippen LogP) is 2.75.